The van der Waals surface area contributed by atoms with Gasteiger partial charge in [-0.05, 0) is 24.5 Å². The Hall–Kier alpha value is -1.57. The van der Waals surface area contributed by atoms with Gasteiger partial charge in [-0.15, -0.1) is 0 Å². The lowest BCUT2D eigenvalue weighted by molar-refractivity contribution is -0.121. The second-order valence-electron chi connectivity index (χ2n) is 3.48. The van der Waals surface area contributed by atoms with E-state index in [1.165, 1.54) is 0 Å². The number of carbonyl (C=O) groups excluding carboxylic acids is 1. The smallest absolute Gasteiger partial charge is 0.224 e. The van der Waals surface area contributed by atoms with Gasteiger partial charge in [0.05, 0.1) is 0 Å². The molecule has 1 amide bonds. The first-order chi connectivity index (χ1) is 6.84. The molecule has 0 atom stereocenters. The first-order valence-corrected chi connectivity index (χ1v) is 4.90. The molecule has 0 unspecified atom stereocenters. The highest BCUT2D eigenvalue weighted by atomic mass is 16.1. The van der Waals surface area contributed by atoms with E-state index in [1.54, 1.807) is 0 Å². The molecule has 72 valence electrons. The largest absolute Gasteiger partial charge is 0.330 e. The maximum absolute atomic E-state index is 11.1. The Morgan fingerprint density at radius 2 is 1.93 bits per heavy atom. The third-order valence-corrected chi connectivity index (χ3v) is 2.29. The summed E-state index contributed by atoms with van der Waals surface area (Å²) in [7, 11) is 0. The van der Waals surface area contributed by atoms with Gasteiger partial charge in [0.15, 0.2) is 0 Å². The van der Waals surface area contributed by atoms with Gasteiger partial charge < -0.3 is 5.32 Å². The molecule has 1 N–H and O–H groups in total. The van der Waals surface area contributed by atoms with Crippen molar-refractivity contribution in [2.45, 2.75) is 19.3 Å². The molecule has 2 nitrogen and oxygen atoms in total. The highest BCUT2D eigenvalue weighted by molar-refractivity contribution is 5.80. The number of hydrogen-bond donors (Lipinski definition) is 1. The molecule has 14 heavy (non-hydrogen) atoms. The zero-order chi connectivity index (χ0) is 9.80. The Labute approximate surface area is 83.6 Å². The summed E-state index contributed by atoms with van der Waals surface area (Å²) in [5.41, 5.74) is 2.18. The molecule has 0 spiro atoms. The van der Waals surface area contributed by atoms with Crippen molar-refractivity contribution >= 4 is 12.0 Å². The molecule has 0 aromatic heterocycles. The van der Waals surface area contributed by atoms with E-state index in [1.807, 2.05) is 36.4 Å². The number of nitrogens with one attached hydrogen (secondary N) is 1. The minimum atomic E-state index is 0.137. The van der Waals surface area contributed by atoms with Gasteiger partial charge in [-0.1, -0.05) is 30.3 Å². The molecular weight excluding hydrogens is 174 g/mol. The van der Waals surface area contributed by atoms with Crippen LogP contribution < -0.4 is 5.32 Å². The number of carbonyl (C=O) groups is 1. The molecule has 1 fully saturated rings. The molecular formula is C12H13NO. The van der Waals surface area contributed by atoms with Gasteiger partial charge in [-0.2, -0.15) is 0 Å². The summed E-state index contributed by atoms with van der Waals surface area (Å²) < 4.78 is 0. The summed E-state index contributed by atoms with van der Waals surface area (Å²) in [6.45, 7) is 0. The lowest BCUT2D eigenvalue weighted by atomic mass is 10.1. The number of rotatable bonds is 1. The summed E-state index contributed by atoms with van der Waals surface area (Å²) in [5.74, 6) is 0.137. The first-order valence-electron chi connectivity index (χ1n) is 4.90. The van der Waals surface area contributed by atoms with Crippen LogP contribution in [0.15, 0.2) is 36.0 Å². The van der Waals surface area contributed by atoms with Gasteiger partial charge in [-0.3, -0.25) is 4.79 Å². The van der Waals surface area contributed by atoms with Gasteiger partial charge in [-0.25, -0.2) is 0 Å². The van der Waals surface area contributed by atoms with Crippen LogP contribution in [0.25, 0.3) is 6.08 Å². The third-order valence-electron chi connectivity index (χ3n) is 2.29. The maximum Gasteiger partial charge on any atom is 0.224 e. The van der Waals surface area contributed by atoms with Crippen LogP contribution in [-0.2, 0) is 4.79 Å². The standard InChI is InChI=1S/C12H13NO/c14-12-8-4-7-11(13-12)9-10-5-2-1-3-6-10/h1-3,5-6,9H,4,7-8H2,(H,13,14)/b11-9-. The fourth-order valence-corrected chi connectivity index (χ4v) is 1.60. The van der Waals surface area contributed by atoms with E-state index < -0.39 is 0 Å². The van der Waals surface area contributed by atoms with Crippen LogP contribution in [0.4, 0.5) is 0 Å². The summed E-state index contributed by atoms with van der Waals surface area (Å²) in [6.07, 6.45) is 4.63. The minimum absolute atomic E-state index is 0.137. The van der Waals surface area contributed by atoms with Crippen molar-refractivity contribution in [1.82, 2.24) is 5.32 Å². The van der Waals surface area contributed by atoms with Crippen LogP contribution in [0.3, 0.4) is 0 Å². The maximum atomic E-state index is 11.1. The summed E-state index contributed by atoms with van der Waals surface area (Å²) in [6, 6.07) is 10.1. The van der Waals surface area contributed by atoms with Crippen molar-refractivity contribution in [2.75, 3.05) is 0 Å². The molecule has 1 saturated heterocycles. The van der Waals surface area contributed by atoms with Crippen LogP contribution in [0.1, 0.15) is 24.8 Å². The van der Waals surface area contributed by atoms with Crippen molar-refractivity contribution in [3.8, 4) is 0 Å². The predicted molar refractivity (Wildman–Crippen MR) is 56.4 cm³/mol. The zero-order valence-corrected chi connectivity index (χ0v) is 7.99. The second-order valence-corrected chi connectivity index (χ2v) is 3.48. The molecule has 1 aromatic rings. The average Bonchev–Trinajstić information content (AvgIpc) is 2.19. The molecule has 0 bridgehead atoms. The van der Waals surface area contributed by atoms with E-state index in [0.29, 0.717) is 6.42 Å². The summed E-state index contributed by atoms with van der Waals surface area (Å²) in [4.78, 5) is 11.1. The quantitative estimate of drug-likeness (QED) is 0.718. The number of amides is 1. The van der Waals surface area contributed by atoms with Crippen LogP contribution >= 0.6 is 0 Å². The molecule has 0 saturated carbocycles. The van der Waals surface area contributed by atoms with Gasteiger partial charge in [0.25, 0.3) is 0 Å². The Morgan fingerprint density at radius 1 is 1.14 bits per heavy atom. The fraction of sp³-hybridized carbons (Fsp3) is 0.250. The average molecular weight is 187 g/mol. The Balaban J connectivity index is 2.14. The van der Waals surface area contributed by atoms with Crippen molar-refractivity contribution in [1.29, 1.82) is 0 Å². The topological polar surface area (TPSA) is 29.1 Å². The van der Waals surface area contributed by atoms with Crippen LogP contribution in [0.2, 0.25) is 0 Å². The Kier molecular flexibility index (Phi) is 2.63. The number of allylic oxidation sites excluding steroid dienone is 1. The van der Waals surface area contributed by atoms with Crippen LogP contribution in [0.5, 0.6) is 0 Å². The van der Waals surface area contributed by atoms with Gasteiger partial charge in [0.2, 0.25) is 5.91 Å². The van der Waals surface area contributed by atoms with Crippen molar-refractivity contribution in [3.05, 3.63) is 41.6 Å². The molecule has 1 aliphatic heterocycles. The lowest BCUT2D eigenvalue weighted by Crippen LogP contribution is -2.26. The van der Waals surface area contributed by atoms with E-state index in [4.69, 9.17) is 0 Å². The van der Waals surface area contributed by atoms with E-state index in [-0.39, 0.29) is 5.91 Å². The highest BCUT2D eigenvalue weighted by Crippen LogP contribution is 2.14. The minimum Gasteiger partial charge on any atom is -0.330 e. The molecule has 1 aromatic carbocycles. The van der Waals surface area contributed by atoms with E-state index in [9.17, 15) is 4.79 Å². The van der Waals surface area contributed by atoms with Crippen molar-refractivity contribution in [3.63, 3.8) is 0 Å². The van der Waals surface area contributed by atoms with Crippen LogP contribution in [-0.4, -0.2) is 5.91 Å². The lowest BCUT2D eigenvalue weighted by Gasteiger charge is -2.15. The SMILES string of the molecule is O=C1CCC/C(=C/c2ccccc2)N1. The molecule has 1 aliphatic rings. The van der Waals surface area contributed by atoms with Crippen molar-refractivity contribution < 1.29 is 4.79 Å². The highest BCUT2D eigenvalue weighted by Gasteiger charge is 2.10. The number of hydrogen-bond acceptors (Lipinski definition) is 1. The Morgan fingerprint density at radius 3 is 2.64 bits per heavy atom. The number of benzene rings is 1. The van der Waals surface area contributed by atoms with Gasteiger partial charge in [0.1, 0.15) is 0 Å². The predicted octanol–water partition coefficient (Wildman–Crippen LogP) is 2.33. The fourth-order valence-electron chi connectivity index (χ4n) is 1.60. The monoisotopic (exact) mass is 187 g/mol. The van der Waals surface area contributed by atoms with E-state index in [0.717, 1.165) is 24.1 Å². The van der Waals surface area contributed by atoms with Crippen LogP contribution in [0, 0.1) is 0 Å². The Bertz CT molecular complexity index is 354. The molecule has 2 rings (SSSR count). The van der Waals surface area contributed by atoms with E-state index in [2.05, 4.69) is 5.32 Å². The molecule has 1 heterocycles. The van der Waals surface area contributed by atoms with Gasteiger partial charge >= 0.3 is 0 Å². The summed E-state index contributed by atoms with van der Waals surface area (Å²) >= 11 is 0. The first kappa shape index (κ1) is 9.00. The molecule has 0 aliphatic carbocycles. The number of piperidine rings is 1. The second kappa shape index (κ2) is 4.09. The van der Waals surface area contributed by atoms with Crippen molar-refractivity contribution in [2.24, 2.45) is 0 Å². The normalized spacial score (nSPS) is 19.4. The van der Waals surface area contributed by atoms with Gasteiger partial charge in [0, 0.05) is 12.1 Å². The molecule has 0 radical (unpaired) electrons. The summed E-state index contributed by atoms with van der Waals surface area (Å²) in [5, 5.41) is 2.89. The third kappa shape index (κ3) is 2.22. The zero-order valence-electron chi connectivity index (χ0n) is 7.99. The molecule has 2 heteroatoms. The van der Waals surface area contributed by atoms with E-state index >= 15 is 0 Å².